The molecule has 0 aliphatic carbocycles. The van der Waals surface area contributed by atoms with Gasteiger partial charge in [0.1, 0.15) is 17.7 Å². The number of H-pyrrole nitrogens is 2. The number of pyridine rings is 3. The van der Waals surface area contributed by atoms with Gasteiger partial charge < -0.3 is 15.4 Å². The van der Waals surface area contributed by atoms with Crippen LogP contribution in [0.15, 0.2) is 67.4 Å². The van der Waals surface area contributed by atoms with E-state index in [4.69, 9.17) is 4.98 Å². The summed E-state index contributed by atoms with van der Waals surface area (Å²) in [7, 11) is 0. The second-order valence-corrected chi connectivity index (χ2v) is 10.8. The van der Waals surface area contributed by atoms with Gasteiger partial charge in [0.05, 0.1) is 46.5 Å². The van der Waals surface area contributed by atoms with Crippen LogP contribution in [0, 0.1) is 11.2 Å². The number of aliphatic hydroxyl groups is 1. The van der Waals surface area contributed by atoms with Crippen molar-refractivity contribution in [3.8, 4) is 33.9 Å². The van der Waals surface area contributed by atoms with Gasteiger partial charge >= 0.3 is 0 Å². The third-order valence-electron chi connectivity index (χ3n) is 6.37. The van der Waals surface area contributed by atoms with E-state index in [0.717, 1.165) is 22.0 Å². The first-order chi connectivity index (χ1) is 18.7. The molecule has 0 radical (unpaired) electrons. The number of imidazole rings is 1. The molecule has 6 rings (SSSR count). The largest absolute Gasteiger partial charge is 0.374 e. The van der Waals surface area contributed by atoms with E-state index < -0.39 is 6.23 Å². The molecule has 6 aromatic rings. The van der Waals surface area contributed by atoms with Crippen molar-refractivity contribution in [2.75, 3.05) is 5.32 Å². The highest BCUT2D eigenvalue weighted by atomic mass is 19.1. The van der Waals surface area contributed by atoms with Gasteiger partial charge in [0.15, 0.2) is 5.82 Å². The van der Waals surface area contributed by atoms with E-state index in [2.05, 4.69) is 56.2 Å². The third-order valence-corrected chi connectivity index (χ3v) is 6.37. The minimum absolute atomic E-state index is 0.0213. The fourth-order valence-corrected chi connectivity index (χ4v) is 4.65. The van der Waals surface area contributed by atoms with Crippen LogP contribution in [0.3, 0.4) is 0 Å². The molecule has 0 saturated carbocycles. The van der Waals surface area contributed by atoms with Crippen LogP contribution < -0.4 is 5.32 Å². The molecule has 1 atom stereocenters. The van der Waals surface area contributed by atoms with Crippen molar-refractivity contribution in [1.29, 1.82) is 0 Å². The predicted molar refractivity (Wildman–Crippen MR) is 149 cm³/mol. The molecule has 196 valence electrons. The Hall–Kier alpha value is -4.70. The van der Waals surface area contributed by atoms with E-state index >= 15 is 0 Å². The Kier molecular flexibility index (Phi) is 6.03. The molecule has 1 aromatic carbocycles. The second-order valence-electron chi connectivity index (χ2n) is 10.8. The lowest BCUT2D eigenvalue weighted by atomic mass is 9.91. The zero-order chi connectivity index (χ0) is 27.1. The summed E-state index contributed by atoms with van der Waals surface area (Å²) < 4.78 is 13.9. The highest BCUT2D eigenvalue weighted by molar-refractivity contribution is 5.97. The average molecular weight is 523 g/mol. The average Bonchev–Trinajstić information content (AvgIpc) is 3.51. The summed E-state index contributed by atoms with van der Waals surface area (Å²) in [6, 6.07) is 10.2. The van der Waals surface area contributed by atoms with Gasteiger partial charge in [0.25, 0.3) is 0 Å². The molecule has 9 nitrogen and oxygen atoms in total. The summed E-state index contributed by atoms with van der Waals surface area (Å²) in [6.45, 7) is 6.24. The molecule has 5 heterocycles. The summed E-state index contributed by atoms with van der Waals surface area (Å²) in [6.07, 6.45) is 8.39. The van der Waals surface area contributed by atoms with Crippen molar-refractivity contribution in [1.82, 2.24) is 35.1 Å². The minimum Gasteiger partial charge on any atom is -0.374 e. The number of hydrogen-bond acceptors (Lipinski definition) is 7. The van der Waals surface area contributed by atoms with E-state index in [9.17, 15) is 9.50 Å². The molecular formula is C29H27FN8O. The molecule has 10 heteroatoms. The van der Waals surface area contributed by atoms with Crippen LogP contribution in [0.4, 0.5) is 10.1 Å². The van der Waals surface area contributed by atoms with Gasteiger partial charge in [-0.2, -0.15) is 5.10 Å². The van der Waals surface area contributed by atoms with Gasteiger partial charge in [0, 0.05) is 28.9 Å². The van der Waals surface area contributed by atoms with Crippen LogP contribution >= 0.6 is 0 Å². The van der Waals surface area contributed by atoms with Crippen molar-refractivity contribution < 1.29 is 9.50 Å². The van der Waals surface area contributed by atoms with Crippen molar-refractivity contribution in [2.24, 2.45) is 5.41 Å². The number of hydrogen-bond donors (Lipinski definition) is 4. The summed E-state index contributed by atoms with van der Waals surface area (Å²) in [5.74, 6) is 0.231. The molecule has 39 heavy (non-hydrogen) atoms. The van der Waals surface area contributed by atoms with Gasteiger partial charge in [-0.15, -0.1) is 0 Å². The number of aliphatic hydroxyl groups excluding tert-OH is 1. The number of aromatic nitrogens is 7. The number of nitrogens with zero attached hydrogens (tertiary/aromatic N) is 5. The minimum atomic E-state index is -0.696. The van der Waals surface area contributed by atoms with Gasteiger partial charge in [-0.1, -0.05) is 32.9 Å². The Balaban J connectivity index is 1.36. The van der Waals surface area contributed by atoms with E-state index in [1.807, 2.05) is 18.2 Å². The van der Waals surface area contributed by atoms with Gasteiger partial charge in [-0.05, 0) is 41.7 Å². The van der Waals surface area contributed by atoms with Gasteiger partial charge in [-0.25, -0.2) is 9.37 Å². The van der Waals surface area contributed by atoms with E-state index in [1.54, 1.807) is 37.1 Å². The van der Waals surface area contributed by atoms with Crippen molar-refractivity contribution in [3.05, 3.63) is 73.2 Å². The SMILES string of the molecule is CC(C)(C)CC(O)Nc1cncc(-c2cc3c(-c4nc5c(-c6cccc(F)c6)cncc5[nH]4)n[nH]c3cn2)c1. The lowest BCUT2D eigenvalue weighted by molar-refractivity contribution is 0.145. The Morgan fingerprint density at radius 2 is 1.82 bits per heavy atom. The highest BCUT2D eigenvalue weighted by Gasteiger charge is 2.18. The molecular weight excluding hydrogens is 495 g/mol. The fourth-order valence-electron chi connectivity index (χ4n) is 4.65. The zero-order valence-corrected chi connectivity index (χ0v) is 21.7. The molecule has 0 bridgehead atoms. The second kappa shape index (κ2) is 9.55. The quantitative estimate of drug-likeness (QED) is 0.200. The summed E-state index contributed by atoms with van der Waals surface area (Å²) in [5.41, 5.74) is 6.35. The number of nitrogens with one attached hydrogen (secondary N) is 3. The first-order valence-corrected chi connectivity index (χ1v) is 12.6. The fraction of sp³-hybridized carbons (Fsp3) is 0.207. The van der Waals surface area contributed by atoms with Crippen molar-refractivity contribution >= 4 is 27.6 Å². The maximum atomic E-state index is 13.9. The van der Waals surface area contributed by atoms with Crippen molar-refractivity contribution in [3.63, 3.8) is 0 Å². The van der Waals surface area contributed by atoms with E-state index in [0.29, 0.717) is 45.9 Å². The summed E-state index contributed by atoms with van der Waals surface area (Å²) >= 11 is 0. The standard InChI is InChI=1S/C29H27FN8O/c1-29(2,3)10-25(39)34-19-8-17(11-31-12-19)22-9-20-23(15-33-22)37-38-27(20)28-35-24-14-32-13-21(26(24)36-28)16-5-4-6-18(30)7-16/h4-9,11-15,25,34,39H,10H2,1-3H3,(H,35,36)(H,37,38). The summed E-state index contributed by atoms with van der Waals surface area (Å²) in [5, 5.41) is 21.9. The number of aromatic amines is 2. The molecule has 0 aliphatic rings. The maximum Gasteiger partial charge on any atom is 0.159 e. The lowest BCUT2D eigenvalue weighted by Gasteiger charge is -2.23. The number of benzene rings is 1. The number of fused-ring (bicyclic) bond motifs is 2. The number of anilines is 1. The van der Waals surface area contributed by atoms with Crippen LogP contribution in [0.1, 0.15) is 27.2 Å². The van der Waals surface area contributed by atoms with Crippen LogP contribution in [0.25, 0.3) is 55.8 Å². The van der Waals surface area contributed by atoms with E-state index in [1.165, 1.54) is 12.1 Å². The van der Waals surface area contributed by atoms with Crippen molar-refractivity contribution in [2.45, 2.75) is 33.4 Å². The molecule has 4 N–H and O–H groups in total. The highest BCUT2D eigenvalue weighted by Crippen LogP contribution is 2.32. The Bertz CT molecular complexity index is 1800. The van der Waals surface area contributed by atoms with Crippen LogP contribution in [0.2, 0.25) is 0 Å². The first-order valence-electron chi connectivity index (χ1n) is 12.6. The normalized spacial score (nSPS) is 12.7. The topological polar surface area (TPSA) is 128 Å². The summed E-state index contributed by atoms with van der Waals surface area (Å²) in [4.78, 5) is 21.4. The molecule has 0 spiro atoms. The van der Waals surface area contributed by atoms with Gasteiger partial charge in [-0.3, -0.25) is 20.1 Å². The Labute approximate surface area is 223 Å². The Morgan fingerprint density at radius 3 is 2.64 bits per heavy atom. The number of rotatable bonds is 6. The zero-order valence-electron chi connectivity index (χ0n) is 21.7. The first kappa shape index (κ1) is 24.6. The molecule has 0 fully saturated rings. The molecule has 1 unspecified atom stereocenters. The molecule has 0 saturated heterocycles. The van der Waals surface area contributed by atoms with E-state index in [-0.39, 0.29) is 11.2 Å². The molecule has 0 aliphatic heterocycles. The van der Waals surface area contributed by atoms with Gasteiger partial charge in [0.2, 0.25) is 0 Å². The Morgan fingerprint density at radius 1 is 0.974 bits per heavy atom. The number of halogens is 1. The molecule has 5 aromatic heterocycles. The predicted octanol–water partition coefficient (Wildman–Crippen LogP) is 5.93. The molecule has 0 amide bonds. The van der Waals surface area contributed by atoms with Crippen LogP contribution in [0.5, 0.6) is 0 Å². The maximum absolute atomic E-state index is 13.9. The van der Waals surface area contributed by atoms with Crippen LogP contribution in [-0.4, -0.2) is 46.5 Å². The third kappa shape index (κ3) is 5.06. The monoisotopic (exact) mass is 522 g/mol. The smallest absolute Gasteiger partial charge is 0.159 e. The lowest BCUT2D eigenvalue weighted by Crippen LogP contribution is -2.25. The van der Waals surface area contributed by atoms with Crippen LogP contribution in [-0.2, 0) is 0 Å².